The van der Waals surface area contributed by atoms with Crippen LogP contribution in [0.2, 0.25) is 0 Å². The summed E-state index contributed by atoms with van der Waals surface area (Å²) < 4.78 is 30.8. The Bertz CT molecular complexity index is 609. The molecule has 0 aromatic heterocycles. The molecule has 0 saturated heterocycles. The molecule has 0 radical (unpaired) electrons. The lowest BCUT2D eigenvalue weighted by atomic mass is 10.1. The maximum atomic E-state index is 13.0. The number of hydrogen-bond donors (Lipinski definition) is 0. The Hall–Kier alpha value is -2.23. The minimum Gasteiger partial charge on any atom is -0.485 e. The second-order valence-electron chi connectivity index (χ2n) is 4.10. The van der Waals surface area contributed by atoms with E-state index in [4.69, 9.17) is 4.74 Å². The Morgan fingerprint density at radius 3 is 2.53 bits per heavy atom. The van der Waals surface area contributed by atoms with Crippen molar-refractivity contribution in [2.45, 2.75) is 6.92 Å². The minimum atomic E-state index is -0.999. The van der Waals surface area contributed by atoms with E-state index in [1.807, 2.05) is 19.1 Å². The predicted octanol–water partition coefficient (Wildman–Crippen LogP) is 3.53. The molecule has 0 unspecified atom stereocenters. The van der Waals surface area contributed by atoms with Crippen molar-refractivity contribution in [3.8, 4) is 5.75 Å². The van der Waals surface area contributed by atoms with Gasteiger partial charge in [0.15, 0.2) is 24.0 Å². The largest absolute Gasteiger partial charge is 0.485 e. The third-order valence-electron chi connectivity index (χ3n) is 2.71. The quantitative estimate of drug-likeness (QED) is 0.788. The van der Waals surface area contributed by atoms with Crippen molar-refractivity contribution < 1.29 is 18.3 Å². The summed E-state index contributed by atoms with van der Waals surface area (Å²) in [5.41, 5.74) is 1.41. The SMILES string of the molecule is Cc1ccccc1C(=O)COc1ccc(F)c(F)c1. The number of hydrogen-bond acceptors (Lipinski definition) is 2. The number of ether oxygens (including phenoxy) is 1. The average Bonchev–Trinajstić information content (AvgIpc) is 2.40. The number of rotatable bonds is 4. The summed E-state index contributed by atoms with van der Waals surface area (Å²) in [6.45, 7) is 1.61. The number of carbonyl (C=O) groups excluding carboxylic acids is 1. The average molecular weight is 262 g/mol. The molecule has 2 aromatic rings. The van der Waals surface area contributed by atoms with E-state index in [1.54, 1.807) is 12.1 Å². The number of carbonyl (C=O) groups is 1. The van der Waals surface area contributed by atoms with Crippen molar-refractivity contribution in [3.63, 3.8) is 0 Å². The number of ketones is 1. The van der Waals surface area contributed by atoms with Gasteiger partial charge in [0, 0.05) is 11.6 Å². The molecule has 0 atom stereocenters. The van der Waals surface area contributed by atoms with Gasteiger partial charge in [-0.2, -0.15) is 0 Å². The molecule has 98 valence electrons. The maximum absolute atomic E-state index is 13.0. The van der Waals surface area contributed by atoms with Crippen LogP contribution < -0.4 is 4.74 Å². The molecule has 0 N–H and O–H groups in total. The minimum absolute atomic E-state index is 0.126. The smallest absolute Gasteiger partial charge is 0.200 e. The Balaban J connectivity index is 2.04. The summed E-state index contributed by atoms with van der Waals surface area (Å²) in [6, 6.07) is 10.3. The molecule has 0 aliphatic heterocycles. The zero-order valence-electron chi connectivity index (χ0n) is 10.3. The van der Waals surface area contributed by atoms with Gasteiger partial charge < -0.3 is 4.74 Å². The lowest BCUT2D eigenvalue weighted by Gasteiger charge is -2.07. The molecule has 19 heavy (non-hydrogen) atoms. The van der Waals surface area contributed by atoms with E-state index < -0.39 is 11.6 Å². The topological polar surface area (TPSA) is 26.3 Å². The van der Waals surface area contributed by atoms with Gasteiger partial charge in [0.1, 0.15) is 5.75 Å². The van der Waals surface area contributed by atoms with Crippen LogP contribution in [-0.4, -0.2) is 12.4 Å². The molecule has 0 saturated carbocycles. The van der Waals surface area contributed by atoms with Crippen molar-refractivity contribution >= 4 is 5.78 Å². The second-order valence-corrected chi connectivity index (χ2v) is 4.10. The van der Waals surface area contributed by atoms with Crippen LogP contribution >= 0.6 is 0 Å². The van der Waals surface area contributed by atoms with E-state index in [1.165, 1.54) is 6.07 Å². The first-order chi connectivity index (χ1) is 9.08. The van der Waals surface area contributed by atoms with Crippen molar-refractivity contribution in [3.05, 3.63) is 65.2 Å². The fourth-order valence-corrected chi connectivity index (χ4v) is 1.68. The molecule has 4 heteroatoms. The Morgan fingerprint density at radius 2 is 1.84 bits per heavy atom. The van der Waals surface area contributed by atoms with Crippen LogP contribution in [0.15, 0.2) is 42.5 Å². The van der Waals surface area contributed by atoms with Crippen LogP contribution in [-0.2, 0) is 0 Å². The molecule has 0 amide bonds. The van der Waals surface area contributed by atoms with Gasteiger partial charge in [-0.3, -0.25) is 4.79 Å². The van der Waals surface area contributed by atoms with Crippen molar-refractivity contribution in [1.29, 1.82) is 0 Å². The lowest BCUT2D eigenvalue weighted by Crippen LogP contribution is -2.12. The molecule has 2 nitrogen and oxygen atoms in total. The van der Waals surface area contributed by atoms with Gasteiger partial charge in [-0.25, -0.2) is 8.78 Å². The van der Waals surface area contributed by atoms with E-state index >= 15 is 0 Å². The molecule has 2 rings (SSSR count). The molecular weight excluding hydrogens is 250 g/mol. The zero-order valence-corrected chi connectivity index (χ0v) is 10.3. The first kappa shape index (κ1) is 13.2. The predicted molar refractivity (Wildman–Crippen MR) is 67.4 cm³/mol. The standard InChI is InChI=1S/C15H12F2O2/c1-10-4-2-3-5-12(10)15(18)9-19-11-6-7-13(16)14(17)8-11/h2-8H,9H2,1H3. The highest BCUT2D eigenvalue weighted by molar-refractivity contribution is 5.98. The number of benzene rings is 2. The van der Waals surface area contributed by atoms with Crippen LogP contribution in [0, 0.1) is 18.6 Å². The summed E-state index contributed by atoms with van der Waals surface area (Å²) in [7, 11) is 0. The van der Waals surface area contributed by atoms with Crippen molar-refractivity contribution in [1.82, 2.24) is 0 Å². The summed E-state index contributed by atoms with van der Waals surface area (Å²) in [6.07, 6.45) is 0. The van der Waals surface area contributed by atoms with E-state index in [2.05, 4.69) is 0 Å². The van der Waals surface area contributed by atoms with Gasteiger partial charge in [-0.1, -0.05) is 24.3 Å². The molecule has 0 aliphatic rings. The number of Topliss-reactive ketones (excluding diaryl/α,β-unsaturated/α-hetero) is 1. The van der Waals surface area contributed by atoms with Crippen LogP contribution in [0.4, 0.5) is 8.78 Å². The van der Waals surface area contributed by atoms with E-state index in [0.717, 1.165) is 17.7 Å². The third kappa shape index (κ3) is 3.16. The highest BCUT2D eigenvalue weighted by Gasteiger charge is 2.10. The van der Waals surface area contributed by atoms with Crippen LogP contribution in [0.5, 0.6) is 5.75 Å². The summed E-state index contributed by atoms with van der Waals surface area (Å²) in [5, 5.41) is 0. The summed E-state index contributed by atoms with van der Waals surface area (Å²) >= 11 is 0. The first-order valence-corrected chi connectivity index (χ1v) is 5.74. The first-order valence-electron chi connectivity index (χ1n) is 5.74. The normalized spacial score (nSPS) is 10.3. The second kappa shape index (κ2) is 5.61. The van der Waals surface area contributed by atoms with Crippen LogP contribution in [0.1, 0.15) is 15.9 Å². The highest BCUT2D eigenvalue weighted by atomic mass is 19.2. The number of aryl methyl sites for hydroxylation is 1. The van der Waals surface area contributed by atoms with Gasteiger partial charge >= 0.3 is 0 Å². The molecule has 2 aromatic carbocycles. The Labute approximate surface area is 109 Å². The van der Waals surface area contributed by atoms with E-state index in [-0.39, 0.29) is 18.1 Å². The van der Waals surface area contributed by atoms with Gasteiger partial charge in [0.25, 0.3) is 0 Å². The molecule has 0 spiro atoms. The molecule has 0 fully saturated rings. The van der Waals surface area contributed by atoms with Crippen LogP contribution in [0.3, 0.4) is 0 Å². The molecule has 0 heterocycles. The molecule has 0 aliphatic carbocycles. The van der Waals surface area contributed by atoms with Gasteiger partial charge in [-0.05, 0) is 24.6 Å². The van der Waals surface area contributed by atoms with Gasteiger partial charge in [0.05, 0.1) is 0 Å². The lowest BCUT2D eigenvalue weighted by molar-refractivity contribution is 0.0920. The molecular formula is C15H12F2O2. The monoisotopic (exact) mass is 262 g/mol. The highest BCUT2D eigenvalue weighted by Crippen LogP contribution is 2.16. The Morgan fingerprint density at radius 1 is 1.11 bits per heavy atom. The fraction of sp³-hybridized carbons (Fsp3) is 0.133. The zero-order chi connectivity index (χ0) is 13.8. The van der Waals surface area contributed by atoms with Crippen molar-refractivity contribution in [2.24, 2.45) is 0 Å². The fourth-order valence-electron chi connectivity index (χ4n) is 1.68. The Kier molecular flexibility index (Phi) is 3.90. The van der Waals surface area contributed by atoms with E-state index in [0.29, 0.717) is 5.56 Å². The maximum Gasteiger partial charge on any atom is 0.200 e. The van der Waals surface area contributed by atoms with Gasteiger partial charge in [0.2, 0.25) is 0 Å². The number of halogens is 2. The van der Waals surface area contributed by atoms with Crippen LogP contribution in [0.25, 0.3) is 0 Å². The molecule has 0 bridgehead atoms. The van der Waals surface area contributed by atoms with Crippen molar-refractivity contribution in [2.75, 3.05) is 6.61 Å². The summed E-state index contributed by atoms with van der Waals surface area (Å²) in [5.74, 6) is -2.03. The summed E-state index contributed by atoms with van der Waals surface area (Å²) in [4.78, 5) is 11.9. The van der Waals surface area contributed by atoms with E-state index in [9.17, 15) is 13.6 Å². The third-order valence-corrected chi connectivity index (χ3v) is 2.71. The van der Waals surface area contributed by atoms with Gasteiger partial charge in [-0.15, -0.1) is 0 Å².